The minimum atomic E-state index is -4.45. The predicted octanol–water partition coefficient (Wildman–Crippen LogP) is 4.51. The van der Waals surface area contributed by atoms with Crippen LogP contribution in [0.3, 0.4) is 0 Å². The van der Waals surface area contributed by atoms with E-state index in [0.29, 0.717) is 18.1 Å². The number of nitrogens with one attached hydrogen (secondary N) is 1. The van der Waals surface area contributed by atoms with Gasteiger partial charge < -0.3 is 10.1 Å². The van der Waals surface area contributed by atoms with Gasteiger partial charge in [-0.15, -0.1) is 0 Å². The van der Waals surface area contributed by atoms with Crippen molar-refractivity contribution in [3.8, 4) is 0 Å². The number of methoxy groups -OCH3 is 1. The summed E-state index contributed by atoms with van der Waals surface area (Å²) in [5.74, 6) is -4.66. The maximum atomic E-state index is 13.9. The number of esters is 1. The summed E-state index contributed by atoms with van der Waals surface area (Å²) in [5.41, 5.74) is -1.15. The standard InChI is InChI=1S/C19H14F5NO3/c1-28-18(27)13-7-16(15(21)8-14(13)20)25-17(26)12-6-11(12)9-2-4-10(5-3-9)19(22,23)24/h2-5,7-8,11-12H,6H2,1H3,(H,25,26). The number of halogens is 5. The van der Waals surface area contributed by atoms with Crippen molar-refractivity contribution in [3.63, 3.8) is 0 Å². The van der Waals surface area contributed by atoms with Crippen molar-refractivity contribution in [3.05, 3.63) is 64.7 Å². The SMILES string of the molecule is COC(=O)c1cc(NC(=O)C2CC2c2ccc(C(F)(F)F)cc2)c(F)cc1F. The molecule has 2 aromatic rings. The van der Waals surface area contributed by atoms with Gasteiger partial charge in [0.2, 0.25) is 5.91 Å². The van der Waals surface area contributed by atoms with Crippen molar-refractivity contribution in [2.45, 2.75) is 18.5 Å². The molecule has 1 aliphatic rings. The Labute approximate surface area is 156 Å². The highest BCUT2D eigenvalue weighted by Gasteiger charge is 2.44. The Balaban J connectivity index is 1.71. The lowest BCUT2D eigenvalue weighted by Gasteiger charge is -2.10. The summed E-state index contributed by atoms with van der Waals surface area (Å²) >= 11 is 0. The van der Waals surface area contributed by atoms with E-state index in [2.05, 4.69) is 10.1 Å². The second-order valence-electron chi connectivity index (χ2n) is 6.36. The van der Waals surface area contributed by atoms with Gasteiger partial charge >= 0.3 is 12.1 Å². The first-order chi connectivity index (χ1) is 13.1. The molecule has 148 valence electrons. The summed E-state index contributed by atoms with van der Waals surface area (Å²) < 4.78 is 69.8. The Morgan fingerprint density at radius 3 is 2.29 bits per heavy atom. The van der Waals surface area contributed by atoms with Gasteiger partial charge in [-0.1, -0.05) is 12.1 Å². The monoisotopic (exact) mass is 399 g/mol. The zero-order valence-corrected chi connectivity index (χ0v) is 14.4. The molecular weight excluding hydrogens is 385 g/mol. The fourth-order valence-electron chi connectivity index (χ4n) is 2.91. The molecule has 3 rings (SSSR count). The van der Waals surface area contributed by atoms with E-state index >= 15 is 0 Å². The molecule has 1 fully saturated rings. The zero-order chi connectivity index (χ0) is 20.6. The van der Waals surface area contributed by atoms with Crippen LogP contribution >= 0.6 is 0 Å². The van der Waals surface area contributed by atoms with Crippen LogP contribution in [0, 0.1) is 17.6 Å². The van der Waals surface area contributed by atoms with Gasteiger partial charge in [0, 0.05) is 12.0 Å². The van der Waals surface area contributed by atoms with Crippen molar-refractivity contribution in [1.29, 1.82) is 0 Å². The number of hydrogen-bond donors (Lipinski definition) is 1. The summed E-state index contributed by atoms with van der Waals surface area (Å²) in [6.45, 7) is 0. The third kappa shape index (κ3) is 3.97. The highest BCUT2D eigenvalue weighted by atomic mass is 19.4. The van der Waals surface area contributed by atoms with Gasteiger partial charge in [-0.2, -0.15) is 13.2 Å². The van der Waals surface area contributed by atoms with Crippen molar-refractivity contribution in [2.75, 3.05) is 12.4 Å². The molecule has 0 spiro atoms. The smallest absolute Gasteiger partial charge is 0.416 e. The van der Waals surface area contributed by atoms with Gasteiger partial charge in [0.15, 0.2) is 0 Å². The molecule has 2 atom stereocenters. The molecule has 4 nitrogen and oxygen atoms in total. The summed E-state index contributed by atoms with van der Waals surface area (Å²) in [4.78, 5) is 23.8. The molecule has 28 heavy (non-hydrogen) atoms. The van der Waals surface area contributed by atoms with E-state index in [0.717, 1.165) is 25.3 Å². The van der Waals surface area contributed by atoms with Crippen LogP contribution in [-0.2, 0) is 15.7 Å². The fraction of sp³-hybridized carbons (Fsp3) is 0.263. The van der Waals surface area contributed by atoms with Crippen LogP contribution in [-0.4, -0.2) is 19.0 Å². The molecule has 1 N–H and O–H groups in total. The van der Waals surface area contributed by atoms with E-state index in [1.54, 1.807) is 0 Å². The molecule has 2 aromatic carbocycles. The van der Waals surface area contributed by atoms with Crippen LogP contribution in [0.1, 0.15) is 33.8 Å². The van der Waals surface area contributed by atoms with Crippen molar-refractivity contribution in [2.24, 2.45) is 5.92 Å². The third-order valence-electron chi connectivity index (χ3n) is 4.51. The summed E-state index contributed by atoms with van der Waals surface area (Å²) in [5, 5.41) is 2.29. The number of carbonyl (C=O) groups excluding carboxylic acids is 2. The molecule has 1 aliphatic carbocycles. The Kier molecular flexibility index (Phi) is 5.10. The van der Waals surface area contributed by atoms with Crippen LogP contribution < -0.4 is 5.32 Å². The van der Waals surface area contributed by atoms with E-state index in [1.165, 1.54) is 12.1 Å². The number of hydrogen-bond acceptors (Lipinski definition) is 3. The molecule has 0 bridgehead atoms. The van der Waals surface area contributed by atoms with E-state index in [4.69, 9.17) is 0 Å². The average molecular weight is 399 g/mol. The van der Waals surface area contributed by atoms with Crippen molar-refractivity contribution >= 4 is 17.6 Å². The molecule has 9 heteroatoms. The summed E-state index contributed by atoms with van der Waals surface area (Å²) in [7, 11) is 1.03. The minimum absolute atomic E-state index is 0.300. The largest absolute Gasteiger partial charge is 0.465 e. The van der Waals surface area contributed by atoms with Gasteiger partial charge in [0.25, 0.3) is 0 Å². The number of carbonyl (C=O) groups is 2. The number of ether oxygens (including phenoxy) is 1. The Morgan fingerprint density at radius 2 is 1.71 bits per heavy atom. The second kappa shape index (κ2) is 7.21. The molecular formula is C19H14F5NO3. The molecule has 0 saturated heterocycles. The molecule has 1 saturated carbocycles. The van der Waals surface area contributed by atoms with Gasteiger partial charge in [-0.25, -0.2) is 13.6 Å². The van der Waals surface area contributed by atoms with E-state index < -0.39 is 46.7 Å². The lowest BCUT2D eigenvalue weighted by atomic mass is 10.1. The highest BCUT2D eigenvalue weighted by molar-refractivity contribution is 5.97. The van der Waals surface area contributed by atoms with Crippen molar-refractivity contribution in [1.82, 2.24) is 0 Å². The van der Waals surface area contributed by atoms with Crippen LogP contribution in [0.4, 0.5) is 27.6 Å². The maximum absolute atomic E-state index is 13.9. The summed E-state index contributed by atoms with van der Waals surface area (Å²) in [6, 6.07) is 5.77. The van der Waals surface area contributed by atoms with E-state index in [-0.39, 0.29) is 11.6 Å². The molecule has 0 aromatic heterocycles. The van der Waals surface area contributed by atoms with Gasteiger partial charge in [0.1, 0.15) is 11.6 Å². The van der Waals surface area contributed by atoms with Gasteiger partial charge in [-0.3, -0.25) is 4.79 Å². The number of alkyl halides is 3. The average Bonchev–Trinajstić information content (AvgIpc) is 3.43. The first kappa shape index (κ1) is 19.8. The fourth-order valence-corrected chi connectivity index (χ4v) is 2.91. The van der Waals surface area contributed by atoms with E-state index in [1.807, 2.05) is 0 Å². The zero-order valence-electron chi connectivity index (χ0n) is 14.4. The van der Waals surface area contributed by atoms with Gasteiger partial charge in [-0.05, 0) is 36.1 Å². The Morgan fingerprint density at radius 1 is 1.07 bits per heavy atom. The first-order valence-corrected chi connectivity index (χ1v) is 8.17. The third-order valence-corrected chi connectivity index (χ3v) is 4.51. The normalized spacial score (nSPS) is 18.5. The molecule has 1 amide bonds. The lowest BCUT2D eigenvalue weighted by Crippen LogP contribution is -2.17. The molecule has 0 aliphatic heterocycles. The van der Waals surface area contributed by atoms with Crippen LogP contribution in [0.25, 0.3) is 0 Å². The number of amides is 1. The van der Waals surface area contributed by atoms with Crippen LogP contribution in [0.5, 0.6) is 0 Å². The quantitative estimate of drug-likeness (QED) is 0.608. The second-order valence-corrected chi connectivity index (χ2v) is 6.36. The highest BCUT2D eigenvalue weighted by Crippen LogP contribution is 2.48. The van der Waals surface area contributed by atoms with Crippen LogP contribution in [0.2, 0.25) is 0 Å². The molecule has 0 radical (unpaired) electrons. The minimum Gasteiger partial charge on any atom is -0.465 e. The van der Waals surface area contributed by atoms with Crippen LogP contribution in [0.15, 0.2) is 36.4 Å². The number of benzene rings is 2. The lowest BCUT2D eigenvalue weighted by molar-refractivity contribution is -0.137. The first-order valence-electron chi connectivity index (χ1n) is 8.17. The Bertz CT molecular complexity index is 924. The topological polar surface area (TPSA) is 55.4 Å². The predicted molar refractivity (Wildman–Crippen MR) is 88.6 cm³/mol. The molecule has 2 unspecified atom stereocenters. The maximum Gasteiger partial charge on any atom is 0.416 e. The van der Waals surface area contributed by atoms with Gasteiger partial charge in [0.05, 0.1) is 23.9 Å². The molecule has 0 heterocycles. The number of anilines is 1. The van der Waals surface area contributed by atoms with Crippen molar-refractivity contribution < 1.29 is 36.3 Å². The Hall–Kier alpha value is -2.97. The summed E-state index contributed by atoms with van der Waals surface area (Å²) in [6.07, 6.45) is -4.07. The van der Waals surface area contributed by atoms with E-state index in [9.17, 15) is 31.5 Å². The number of rotatable bonds is 4.